The molecule has 0 aliphatic carbocycles. The van der Waals surface area contributed by atoms with Crippen LogP contribution in [-0.4, -0.2) is 47.6 Å². The predicted octanol–water partition coefficient (Wildman–Crippen LogP) is 1.15. The van der Waals surface area contributed by atoms with Crippen molar-refractivity contribution in [1.29, 1.82) is 0 Å². The van der Waals surface area contributed by atoms with E-state index in [9.17, 15) is 19.7 Å². The van der Waals surface area contributed by atoms with Crippen LogP contribution in [0, 0.1) is 10.1 Å². The first-order valence-electron chi connectivity index (χ1n) is 5.41. The Morgan fingerprint density at radius 3 is 2.65 bits per heavy atom. The van der Waals surface area contributed by atoms with Gasteiger partial charge in [0.05, 0.1) is 12.0 Å². The summed E-state index contributed by atoms with van der Waals surface area (Å²) in [4.78, 5) is 33.2. The molecule has 0 bridgehead atoms. The van der Waals surface area contributed by atoms with Gasteiger partial charge in [0.15, 0.2) is 5.75 Å². The number of ether oxygens (including phenoxy) is 1. The number of rotatable bonds is 5. The molecule has 1 rings (SSSR count). The first kappa shape index (κ1) is 15.2. The van der Waals surface area contributed by atoms with E-state index in [-0.39, 0.29) is 17.1 Å². The number of carboxylic acid groups (broad SMARTS) is 1. The lowest BCUT2D eigenvalue weighted by Gasteiger charge is -2.15. The number of aliphatic carboxylic acids is 1. The van der Waals surface area contributed by atoms with Gasteiger partial charge in [0.2, 0.25) is 0 Å². The van der Waals surface area contributed by atoms with E-state index in [0.29, 0.717) is 0 Å². The molecule has 0 saturated carbocycles. The third-order valence-corrected chi connectivity index (χ3v) is 2.35. The van der Waals surface area contributed by atoms with E-state index in [1.54, 1.807) is 0 Å². The average Bonchev–Trinajstić information content (AvgIpc) is 2.37. The molecule has 1 aromatic rings. The maximum Gasteiger partial charge on any atom is 0.323 e. The van der Waals surface area contributed by atoms with Crippen LogP contribution >= 0.6 is 0 Å². The number of hydrogen-bond acceptors (Lipinski definition) is 5. The molecule has 0 aliphatic heterocycles. The van der Waals surface area contributed by atoms with Crippen LogP contribution < -0.4 is 10.1 Å². The van der Waals surface area contributed by atoms with Crippen molar-refractivity contribution < 1.29 is 24.4 Å². The van der Waals surface area contributed by atoms with Gasteiger partial charge in [-0.3, -0.25) is 14.9 Å². The highest BCUT2D eigenvalue weighted by atomic mass is 16.6. The molecule has 20 heavy (non-hydrogen) atoms. The highest BCUT2D eigenvalue weighted by molar-refractivity contribution is 5.91. The van der Waals surface area contributed by atoms with Crippen molar-refractivity contribution in [1.82, 2.24) is 4.90 Å². The zero-order valence-corrected chi connectivity index (χ0v) is 10.8. The first-order chi connectivity index (χ1) is 9.35. The normalized spacial score (nSPS) is 9.70. The van der Waals surface area contributed by atoms with E-state index in [1.165, 1.54) is 26.3 Å². The fraction of sp³-hybridized carbons (Fsp3) is 0.273. The number of urea groups is 1. The summed E-state index contributed by atoms with van der Waals surface area (Å²) < 4.78 is 4.82. The van der Waals surface area contributed by atoms with E-state index in [1.807, 2.05) is 0 Å². The smallest absolute Gasteiger partial charge is 0.323 e. The van der Waals surface area contributed by atoms with Crippen molar-refractivity contribution in [3.05, 3.63) is 28.3 Å². The van der Waals surface area contributed by atoms with Gasteiger partial charge in [-0.15, -0.1) is 0 Å². The van der Waals surface area contributed by atoms with Crippen LogP contribution in [0.4, 0.5) is 16.2 Å². The van der Waals surface area contributed by atoms with Crippen molar-refractivity contribution in [3.8, 4) is 5.75 Å². The third-order valence-electron chi connectivity index (χ3n) is 2.35. The quantitative estimate of drug-likeness (QED) is 0.617. The third kappa shape index (κ3) is 3.83. The van der Waals surface area contributed by atoms with Gasteiger partial charge >= 0.3 is 17.7 Å². The van der Waals surface area contributed by atoms with Gasteiger partial charge in [0.25, 0.3) is 0 Å². The number of methoxy groups -OCH3 is 1. The van der Waals surface area contributed by atoms with E-state index in [2.05, 4.69) is 5.32 Å². The van der Waals surface area contributed by atoms with Crippen molar-refractivity contribution in [3.63, 3.8) is 0 Å². The Balaban J connectivity index is 2.88. The van der Waals surface area contributed by atoms with E-state index in [4.69, 9.17) is 9.84 Å². The maximum atomic E-state index is 11.6. The second kappa shape index (κ2) is 6.36. The molecule has 9 nitrogen and oxygen atoms in total. The second-order valence-corrected chi connectivity index (χ2v) is 3.82. The molecule has 9 heteroatoms. The SMILES string of the molecule is COc1ccc(NC(=O)N(C)CC(=O)O)cc1[N+](=O)[O-]. The number of nitro groups is 1. The lowest BCUT2D eigenvalue weighted by molar-refractivity contribution is -0.385. The van der Waals surface area contributed by atoms with E-state index in [0.717, 1.165) is 11.0 Å². The Morgan fingerprint density at radius 2 is 2.15 bits per heavy atom. The number of likely N-dealkylation sites (N-methyl/N-ethyl adjacent to an activating group) is 1. The van der Waals surface area contributed by atoms with Crippen LogP contribution in [-0.2, 0) is 4.79 Å². The first-order valence-corrected chi connectivity index (χ1v) is 5.41. The molecule has 108 valence electrons. The van der Waals surface area contributed by atoms with Crippen LogP contribution in [0.5, 0.6) is 5.75 Å². The Labute approximate surface area is 113 Å². The summed E-state index contributed by atoms with van der Waals surface area (Å²) in [7, 11) is 2.59. The molecule has 0 spiro atoms. The maximum absolute atomic E-state index is 11.6. The van der Waals surface area contributed by atoms with Crippen molar-refractivity contribution in [2.75, 3.05) is 26.0 Å². The van der Waals surface area contributed by atoms with Crippen LogP contribution in [0.25, 0.3) is 0 Å². The summed E-state index contributed by atoms with van der Waals surface area (Å²) in [6.45, 7) is -0.482. The second-order valence-electron chi connectivity index (χ2n) is 3.82. The summed E-state index contributed by atoms with van der Waals surface area (Å²) >= 11 is 0. The standard InChI is InChI=1S/C11H13N3O6/c1-13(6-10(15)16)11(17)12-7-3-4-9(20-2)8(5-7)14(18)19/h3-5H,6H2,1-2H3,(H,12,17)(H,15,16). The number of nitro benzene ring substituents is 1. The van der Waals surface area contributed by atoms with Gasteiger partial charge < -0.3 is 20.1 Å². The van der Waals surface area contributed by atoms with Gasteiger partial charge in [-0.25, -0.2) is 4.79 Å². The molecule has 0 atom stereocenters. The molecule has 2 amide bonds. The number of carbonyl (C=O) groups excluding carboxylic acids is 1. The largest absolute Gasteiger partial charge is 0.490 e. The molecule has 0 aliphatic rings. The van der Waals surface area contributed by atoms with Gasteiger partial charge in [0, 0.05) is 18.8 Å². The molecule has 0 unspecified atom stereocenters. The molecule has 0 saturated heterocycles. The van der Waals surface area contributed by atoms with Crippen LogP contribution in [0.15, 0.2) is 18.2 Å². The van der Waals surface area contributed by atoms with E-state index < -0.39 is 23.5 Å². The Morgan fingerprint density at radius 1 is 1.50 bits per heavy atom. The summed E-state index contributed by atoms with van der Waals surface area (Å²) in [5, 5.41) is 21.7. The van der Waals surface area contributed by atoms with Crippen molar-refractivity contribution in [2.45, 2.75) is 0 Å². The average molecular weight is 283 g/mol. The summed E-state index contributed by atoms with van der Waals surface area (Å²) in [5.41, 5.74) is -0.133. The fourth-order valence-corrected chi connectivity index (χ4v) is 1.40. The summed E-state index contributed by atoms with van der Waals surface area (Å²) in [6, 6.07) is 3.20. The number of nitrogens with zero attached hydrogens (tertiary/aromatic N) is 2. The number of hydrogen-bond donors (Lipinski definition) is 2. The molecule has 1 aromatic carbocycles. The van der Waals surface area contributed by atoms with Crippen LogP contribution in [0.2, 0.25) is 0 Å². The van der Waals surface area contributed by atoms with E-state index >= 15 is 0 Å². The molecule has 0 heterocycles. The molecule has 0 aromatic heterocycles. The molecular formula is C11H13N3O6. The minimum atomic E-state index is -1.16. The fourth-order valence-electron chi connectivity index (χ4n) is 1.40. The molecular weight excluding hydrogens is 270 g/mol. The summed E-state index contributed by atoms with van der Waals surface area (Å²) in [5.74, 6) is -1.10. The van der Waals surface area contributed by atoms with Gasteiger partial charge in [-0.05, 0) is 12.1 Å². The Hall–Kier alpha value is -2.84. The number of carboxylic acids is 1. The monoisotopic (exact) mass is 283 g/mol. The highest BCUT2D eigenvalue weighted by Crippen LogP contribution is 2.29. The zero-order valence-electron chi connectivity index (χ0n) is 10.8. The number of amides is 2. The lowest BCUT2D eigenvalue weighted by atomic mass is 10.2. The minimum absolute atomic E-state index is 0.0619. The van der Waals surface area contributed by atoms with Gasteiger partial charge in [0.1, 0.15) is 6.54 Å². The number of carbonyl (C=O) groups is 2. The molecule has 0 fully saturated rings. The van der Waals surface area contributed by atoms with Crippen LogP contribution in [0.1, 0.15) is 0 Å². The Bertz CT molecular complexity index is 545. The lowest BCUT2D eigenvalue weighted by Crippen LogP contribution is -2.35. The number of benzene rings is 1. The van der Waals surface area contributed by atoms with Crippen molar-refractivity contribution >= 4 is 23.4 Å². The van der Waals surface area contributed by atoms with Gasteiger partial charge in [-0.2, -0.15) is 0 Å². The van der Waals surface area contributed by atoms with Crippen molar-refractivity contribution in [2.24, 2.45) is 0 Å². The minimum Gasteiger partial charge on any atom is -0.490 e. The zero-order chi connectivity index (χ0) is 15.3. The van der Waals surface area contributed by atoms with Crippen LogP contribution in [0.3, 0.4) is 0 Å². The molecule has 2 N–H and O–H groups in total. The topological polar surface area (TPSA) is 122 Å². The number of anilines is 1. The summed E-state index contributed by atoms with van der Waals surface area (Å²) in [6.07, 6.45) is 0. The predicted molar refractivity (Wildman–Crippen MR) is 68.9 cm³/mol. The number of nitrogens with one attached hydrogen (secondary N) is 1. The van der Waals surface area contributed by atoms with Gasteiger partial charge in [-0.1, -0.05) is 0 Å². The Kier molecular flexibility index (Phi) is 4.84. The highest BCUT2D eigenvalue weighted by Gasteiger charge is 2.17. The molecule has 0 radical (unpaired) electrons.